The predicted molar refractivity (Wildman–Crippen MR) is 91.2 cm³/mol. The third kappa shape index (κ3) is 4.00. The van der Waals surface area contributed by atoms with Crippen LogP contribution in [0.25, 0.3) is 0 Å². The average molecular weight is 335 g/mol. The molecule has 132 valence electrons. The normalized spacial score (nSPS) is 26.5. The molecule has 0 amide bonds. The van der Waals surface area contributed by atoms with Gasteiger partial charge in [-0.05, 0) is 35.9 Å². The molecular formula is C16H25N5O3. The van der Waals surface area contributed by atoms with E-state index in [0.29, 0.717) is 13.1 Å². The molecule has 1 unspecified atom stereocenters. The molecule has 1 aromatic rings. The van der Waals surface area contributed by atoms with Crippen molar-refractivity contribution in [1.82, 2.24) is 14.8 Å². The number of piperidine rings is 1. The van der Waals surface area contributed by atoms with Crippen molar-refractivity contribution in [3.8, 4) is 0 Å². The van der Waals surface area contributed by atoms with Crippen molar-refractivity contribution in [2.45, 2.75) is 18.4 Å². The minimum atomic E-state index is -0.740. The van der Waals surface area contributed by atoms with Gasteiger partial charge in [0.15, 0.2) is 6.20 Å². The summed E-state index contributed by atoms with van der Waals surface area (Å²) in [5, 5.41) is 21.8. The maximum atomic E-state index is 11.0. The molecule has 24 heavy (non-hydrogen) atoms. The van der Waals surface area contributed by atoms with Crippen LogP contribution in [0.2, 0.25) is 0 Å². The van der Waals surface area contributed by atoms with Crippen molar-refractivity contribution in [1.29, 1.82) is 0 Å². The Morgan fingerprint density at radius 2 is 2.04 bits per heavy atom. The van der Waals surface area contributed by atoms with Crippen molar-refractivity contribution in [2.24, 2.45) is 0 Å². The Hall–Kier alpha value is -1.77. The van der Waals surface area contributed by atoms with E-state index in [4.69, 9.17) is 0 Å². The standard InChI is InChI=1S/C16H25N5O3/c1-18-7-9-19(10-8-18)12-16(22)5-2-6-20(13-16)14-3-4-15(17-11-14)21(23)24/h3-4,11,22H,2,5-10,12-13H2,1H3. The van der Waals surface area contributed by atoms with Gasteiger partial charge in [0, 0.05) is 51.9 Å². The number of rotatable bonds is 4. The number of pyridine rings is 1. The van der Waals surface area contributed by atoms with Crippen molar-refractivity contribution in [3.05, 3.63) is 28.4 Å². The fourth-order valence-corrected chi connectivity index (χ4v) is 3.56. The second-order valence-electron chi connectivity index (χ2n) is 6.96. The van der Waals surface area contributed by atoms with E-state index in [1.165, 1.54) is 12.3 Å². The number of hydrogen-bond acceptors (Lipinski definition) is 7. The predicted octanol–water partition coefficient (Wildman–Crippen LogP) is 0.568. The smallest absolute Gasteiger partial charge is 0.363 e. The number of piperazine rings is 1. The molecular weight excluding hydrogens is 310 g/mol. The van der Waals surface area contributed by atoms with Gasteiger partial charge < -0.3 is 25.0 Å². The molecule has 8 nitrogen and oxygen atoms in total. The highest BCUT2D eigenvalue weighted by atomic mass is 16.6. The molecule has 2 aliphatic rings. The molecule has 0 spiro atoms. The van der Waals surface area contributed by atoms with E-state index in [1.54, 1.807) is 6.07 Å². The summed E-state index contributed by atoms with van der Waals surface area (Å²) in [6.07, 6.45) is 3.22. The van der Waals surface area contributed by atoms with Gasteiger partial charge in [-0.25, -0.2) is 0 Å². The second kappa shape index (κ2) is 7.00. The third-order valence-corrected chi connectivity index (χ3v) is 4.95. The lowest BCUT2D eigenvalue weighted by Gasteiger charge is -2.44. The summed E-state index contributed by atoms with van der Waals surface area (Å²) in [5.74, 6) is -0.150. The van der Waals surface area contributed by atoms with E-state index in [1.807, 2.05) is 0 Å². The van der Waals surface area contributed by atoms with Crippen molar-refractivity contribution in [3.63, 3.8) is 0 Å². The van der Waals surface area contributed by atoms with Gasteiger partial charge in [-0.3, -0.25) is 4.90 Å². The molecule has 3 rings (SSSR count). The Bertz CT molecular complexity index is 574. The summed E-state index contributed by atoms with van der Waals surface area (Å²) in [6, 6.07) is 3.14. The first kappa shape index (κ1) is 17.1. The average Bonchev–Trinajstić information content (AvgIpc) is 2.57. The number of hydrogen-bond donors (Lipinski definition) is 1. The largest absolute Gasteiger partial charge is 0.387 e. The number of nitro groups is 1. The van der Waals surface area contributed by atoms with Gasteiger partial charge in [-0.1, -0.05) is 0 Å². The van der Waals surface area contributed by atoms with E-state index in [0.717, 1.165) is 51.3 Å². The highest BCUT2D eigenvalue weighted by molar-refractivity contribution is 5.47. The lowest BCUT2D eigenvalue weighted by molar-refractivity contribution is -0.389. The Morgan fingerprint density at radius 1 is 1.29 bits per heavy atom. The molecule has 0 bridgehead atoms. The van der Waals surface area contributed by atoms with Crippen LogP contribution >= 0.6 is 0 Å². The molecule has 2 saturated heterocycles. The number of aromatic nitrogens is 1. The Labute approximate surface area is 141 Å². The van der Waals surface area contributed by atoms with Crippen LogP contribution in [-0.2, 0) is 0 Å². The maximum absolute atomic E-state index is 11.0. The van der Waals surface area contributed by atoms with Gasteiger partial charge in [0.2, 0.25) is 0 Å². The van der Waals surface area contributed by atoms with Gasteiger partial charge in [0.05, 0.1) is 11.3 Å². The summed E-state index contributed by atoms with van der Waals surface area (Å²) < 4.78 is 0. The van der Waals surface area contributed by atoms with Crippen LogP contribution < -0.4 is 4.90 Å². The number of likely N-dealkylation sites (N-methyl/N-ethyl adjacent to an activating group) is 1. The van der Waals surface area contributed by atoms with Crippen molar-refractivity contribution >= 4 is 11.5 Å². The topological polar surface area (TPSA) is 86.0 Å². The molecule has 8 heteroatoms. The fourth-order valence-electron chi connectivity index (χ4n) is 3.56. The lowest BCUT2D eigenvalue weighted by Crippen LogP contribution is -2.57. The molecule has 0 aliphatic carbocycles. The highest BCUT2D eigenvalue weighted by Gasteiger charge is 2.36. The van der Waals surface area contributed by atoms with E-state index in [2.05, 4.69) is 26.7 Å². The number of nitrogens with zero attached hydrogens (tertiary/aromatic N) is 5. The molecule has 3 heterocycles. The Kier molecular flexibility index (Phi) is 4.98. The zero-order valence-electron chi connectivity index (χ0n) is 14.1. The highest BCUT2D eigenvalue weighted by Crippen LogP contribution is 2.27. The van der Waals surface area contributed by atoms with Crippen LogP contribution in [0.4, 0.5) is 11.5 Å². The number of aliphatic hydroxyl groups is 1. The SMILES string of the molecule is CN1CCN(CC2(O)CCCN(c3ccc([N+](=O)[O-])nc3)C2)CC1. The van der Waals surface area contributed by atoms with E-state index in [-0.39, 0.29) is 5.82 Å². The minimum absolute atomic E-state index is 0.150. The maximum Gasteiger partial charge on any atom is 0.363 e. The van der Waals surface area contributed by atoms with Crippen LogP contribution in [0.5, 0.6) is 0 Å². The van der Waals surface area contributed by atoms with Crippen LogP contribution in [0.3, 0.4) is 0 Å². The Balaban J connectivity index is 1.63. The molecule has 0 saturated carbocycles. The molecule has 2 aliphatic heterocycles. The van der Waals surface area contributed by atoms with Crippen LogP contribution in [-0.4, -0.2) is 83.3 Å². The van der Waals surface area contributed by atoms with Crippen molar-refractivity contribution in [2.75, 3.05) is 57.8 Å². The molecule has 1 aromatic heterocycles. The summed E-state index contributed by atoms with van der Waals surface area (Å²) in [4.78, 5) is 20.8. The summed E-state index contributed by atoms with van der Waals surface area (Å²) >= 11 is 0. The van der Waals surface area contributed by atoms with Gasteiger partial charge in [0.1, 0.15) is 0 Å². The first-order chi connectivity index (χ1) is 11.5. The Morgan fingerprint density at radius 3 is 2.67 bits per heavy atom. The zero-order chi connectivity index (χ0) is 17.2. The van der Waals surface area contributed by atoms with Crippen LogP contribution in [0.15, 0.2) is 18.3 Å². The molecule has 2 fully saturated rings. The van der Waals surface area contributed by atoms with Gasteiger partial charge in [-0.2, -0.15) is 0 Å². The molecule has 1 N–H and O–H groups in total. The van der Waals surface area contributed by atoms with E-state index in [9.17, 15) is 15.2 Å². The quantitative estimate of drug-likeness (QED) is 0.636. The van der Waals surface area contributed by atoms with Gasteiger partial charge in [-0.15, -0.1) is 0 Å². The number of anilines is 1. The monoisotopic (exact) mass is 335 g/mol. The summed E-state index contributed by atoms with van der Waals surface area (Å²) in [5.41, 5.74) is 0.0905. The van der Waals surface area contributed by atoms with E-state index < -0.39 is 10.5 Å². The number of β-amino-alcohol motifs (C(OH)–C–C–N with tert-alkyl or cyclic N) is 1. The first-order valence-electron chi connectivity index (χ1n) is 8.44. The van der Waals surface area contributed by atoms with E-state index >= 15 is 0 Å². The zero-order valence-corrected chi connectivity index (χ0v) is 14.1. The van der Waals surface area contributed by atoms with Crippen LogP contribution in [0, 0.1) is 10.1 Å². The fraction of sp³-hybridized carbons (Fsp3) is 0.688. The first-order valence-corrected chi connectivity index (χ1v) is 8.44. The lowest BCUT2D eigenvalue weighted by atomic mass is 9.91. The van der Waals surface area contributed by atoms with Gasteiger partial charge >= 0.3 is 5.82 Å². The molecule has 0 radical (unpaired) electrons. The summed E-state index contributed by atoms with van der Waals surface area (Å²) in [7, 11) is 2.12. The summed E-state index contributed by atoms with van der Waals surface area (Å²) in [6.45, 7) is 6.09. The molecule has 0 aromatic carbocycles. The molecule has 1 atom stereocenters. The van der Waals surface area contributed by atoms with Crippen molar-refractivity contribution < 1.29 is 10.0 Å². The second-order valence-corrected chi connectivity index (χ2v) is 6.96. The minimum Gasteiger partial charge on any atom is -0.387 e. The van der Waals surface area contributed by atoms with Gasteiger partial charge in [0.25, 0.3) is 0 Å². The third-order valence-electron chi connectivity index (χ3n) is 4.95. The van der Waals surface area contributed by atoms with Crippen LogP contribution in [0.1, 0.15) is 12.8 Å².